The van der Waals surface area contributed by atoms with E-state index in [1.165, 1.54) is 24.3 Å². The van der Waals surface area contributed by atoms with Crippen molar-refractivity contribution in [3.05, 3.63) is 86.7 Å². The molecule has 0 bridgehead atoms. The lowest BCUT2D eigenvalue weighted by Crippen LogP contribution is -2.41. The first-order valence-electron chi connectivity index (χ1n) is 11.0. The number of unbranched alkanes of at least 4 members (excludes halogenated alkanes) is 2. The molecule has 0 fully saturated rings. The number of anilines is 1. The zero-order valence-corrected chi connectivity index (χ0v) is 20.1. The van der Waals surface area contributed by atoms with Gasteiger partial charge < -0.3 is 9.72 Å². The van der Waals surface area contributed by atoms with Crippen molar-refractivity contribution in [2.45, 2.75) is 31.1 Å². The highest BCUT2D eigenvalue weighted by molar-refractivity contribution is 7.92. The van der Waals surface area contributed by atoms with Gasteiger partial charge in [0.2, 0.25) is 0 Å². The average Bonchev–Trinajstić information content (AvgIpc) is 2.85. The number of hydrogen-bond acceptors (Lipinski definition) is 7. The van der Waals surface area contributed by atoms with Gasteiger partial charge in [-0.15, -0.1) is 0 Å². The third-order valence-corrected chi connectivity index (χ3v) is 6.26. The summed E-state index contributed by atoms with van der Waals surface area (Å²) in [5.74, 6) is -0.632. The van der Waals surface area contributed by atoms with Gasteiger partial charge in [0, 0.05) is 23.0 Å². The molecule has 12 nitrogen and oxygen atoms in total. The van der Waals surface area contributed by atoms with E-state index in [0.29, 0.717) is 17.9 Å². The van der Waals surface area contributed by atoms with Crippen molar-refractivity contribution in [3.8, 4) is 5.75 Å². The molecule has 1 heterocycles. The van der Waals surface area contributed by atoms with Gasteiger partial charge in [0.25, 0.3) is 27.4 Å². The third kappa shape index (κ3) is 7.06. The van der Waals surface area contributed by atoms with Crippen LogP contribution < -0.4 is 31.6 Å². The summed E-state index contributed by atoms with van der Waals surface area (Å²) in [4.78, 5) is 50.9. The molecule has 0 radical (unpaired) electrons. The smallest absolute Gasteiger partial charge is 0.325 e. The standard InChI is InChI=1S/C23H25N5O7S/c1-2-3-4-12-35-18-10-8-15(9-11-18)20(29)26-27-21(30)16-6-5-7-17(13-16)28-36(33,34)19-14-24-23(32)25-22(19)31/h5-11,13-14,28H,2-4,12H2,1H3,(H,26,29)(H,27,30)(H2,24,25,31,32). The van der Waals surface area contributed by atoms with Crippen LogP contribution in [0.2, 0.25) is 0 Å². The van der Waals surface area contributed by atoms with Gasteiger partial charge in [-0.3, -0.25) is 34.9 Å². The average molecular weight is 516 g/mol. The van der Waals surface area contributed by atoms with E-state index in [1.54, 1.807) is 24.3 Å². The SMILES string of the molecule is CCCCCOc1ccc(C(=O)NNC(=O)c2cccc(NS(=O)(=O)c3c[nH]c(=O)[nH]c3=O)c2)cc1. The van der Waals surface area contributed by atoms with Gasteiger partial charge in [0.15, 0.2) is 4.90 Å². The Bertz CT molecular complexity index is 1450. The molecule has 0 aliphatic heterocycles. The molecule has 0 aliphatic carbocycles. The molecule has 0 unspecified atom stereocenters. The van der Waals surface area contributed by atoms with Crippen molar-refractivity contribution in [2.75, 3.05) is 11.3 Å². The van der Waals surface area contributed by atoms with E-state index in [4.69, 9.17) is 4.74 Å². The van der Waals surface area contributed by atoms with E-state index in [-0.39, 0.29) is 11.3 Å². The highest BCUT2D eigenvalue weighted by Crippen LogP contribution is 2.15. The minimum atomic E-state index is -4.35. The number of rotatable bonds is 10. The van der Waals surface area contributed by atoms with Gasteiger partial charge in [-0.2, -0.15) is 0 Å². The lowest BCUT2D eigenvalue weighted by atomic mass is 10.2. The van der Waals surface area contributed by atoms with Crippen LogP contribution in [0.4, 0.5) is 5.69 Å². The molecule has 0 spiro atoms. The topological polar surface area (TPSA) is 179 Å². The molecule has 2 amide bonds. The second-order valence-corrected chi connectivity index (χ2v) is 9.26. The van der Waals surface area contributed by atoms with Crippen LogP contribution in [0.25, 0.3) is 0 Å². The minimum absolute atomic E-state index is 0.0193. The fourth-order valence-electron chi connectivity index (χ4n) is 3.03. The second kappa shape index (κ2) is 11.8. The summed E-state index contributed by atoms with van der Waals surface area (Å²) in [6.07, 6.45) is 3.87. The van der Waals surface area contributed by atoms with E-state index >= 15 is 0 Å². The molecular formula is C23H25N5O7S. The number of amides is 2. The largest absolute Gasteiger partial charge is 0.494 e. The van der Waals surface area contributed by atoms with Crippen molar-refractivity contribution in [1.82, 2.24) is 20.8 Å². The van der Waals surface area contributed by atoms with Crippen LogP contribution >= 0.6 is 0 Å². The molecule has 0 atom stereocenters. The molecule has 3 aromatic rings. The Labute approximate surface area is 206 Å². The third-order valence-electron chi connectivity index (χ3n) is 4.87. The van der Waals surface area contributed by atoms with E-state index in [2.05, 4.69) is 27.5 Å². The number of H-pyrrole nitrogens is 2. The minimum Gasteiger partial charge on any atom is -0.494 e. The van der Waals surface area contributed by atoms with Crippen LogP contribution in [-0.2, 0) is 10.0 Å². The van der Waals surface area contributed by atoms with E-state index in [9.17, 15) is 27.6 Å². The Morgan fingerprint density at radius 2 is 1.64 bits per heavy atom. The molecule has 0 aliphatic rings. The van der Waals surface area contributed by atoms with E-state index in [0.717, 1.165) is 25.5 Å². The van der Waals surface area contributed by atoms with Gasteiger partial charge in [-0.05, 0) is 48.9 Å². The molecule has 1 aromatic heterocycles. The van der Waals surface area contributed by atoms with Crippen molar-refractivity contribution in [2.24, 2.45) is 0 Å². The van der Waals surface area contributed by atoms with Gasteiger partial charge in [0.1, 0.15) is 5.75 Å². The Kier molecular flexibility index (Phi) is 8.62. The Morgan fingerprint density at radius 3 is 2.31 bits per heavy atom. The normalized spacial score (nSPS) is 10.9. The molecule has 5 N–H and O–H groups in total. The predicted octanol–water partition coefficient (Wildman–Crippen LogP) is 1.51. The van der Waals surface area contributed by atoms with Crippen LogP contribution in [0.15, 0.2) is 69.2 Å². The maximum atomic E-state index is 12.5. The summed E-state index contributed by atoms with van der Waals surface area (Å²) < 4.78 is 32.7. The van der Waals surface area contributed by atoms with Crippen LogP contribution in [-0.4, -0.2) is 36.8 Å². The van der Waals surface area contributed by atoms with Crippen molar-refractivity contribution >= 4 is 27.5 Å². The fourth-order valence-corrected chi connectivity index (χ4v) is 4.09. The number of carbonyl (C=O) groups excluding carboxylic acids is 2. The highest BCUT2D eigenvalue weighted by atomic mass is 32.2. The Hall–Kier alpha value is -4.39. The summed E-state index contributed by atoms with van der Waals surface area (Å²) in [5, 5.41) is 0. The molecule has 2 aromatic carbocycles. The molecular weight excluding hydrogens is 490 g/mol. The summed E-state index contributed by atoms with van der Waals surface area (Å²) in [7, 11) is -4.35. The zero-order chi connectivity index (χ0) is 26.1. The van der Waals surface area contributed by atoms with Crippen molar-refractivity contribution < 1.29 is 22.7 Å². The summed E-state index contributed by atoms with van der Waals surface area (Å²) in [6, 6.07) is 11.8. The molecule has 13 heteroatoms. The fraction of sp³-hybridized carbons (Fsp3) is 0.217. The van der Waals surface area contributed by atoms with Crippen LogP contribution in [0.1, 0.15) is 46.9 Å². The number of sulfonamides is 1. The number of aromatic amines is 2. The Morgan fingerprint density at radius 1 is 0.944 bits per heavy atom. The first-order valence-corrected chi connectivity index (χ1v) is 12.5. The second-order valence-electron chi connectivity index (χ2n) is 7.61. The number of benzene rings is 2. The molecule has 190 valence electrons. The number of hydrazine groups is 1. The zero-order valence-electron chi connectivity index (χ0n) is 19.3. The van der Waals surface area contributed by atoms with Crippen molar-refractivity contribution in [1.29, 1.82) is 0 Å². The molecule has 0 saturated heterocycles. The van der Waals surface area contributed by atoms with Crippen LogP contribution in [0.5, 0.6) is 5.75 Å². The van der Waals surface area contributed by atoms with Gasteiger partial charge in [-0.25, -0.2) is 13.2 Å². The highest BCUT2D eigenvalue weighted by Gasteiger charge is 2.19. The number of ether oxygens (including phenoxy) is 1. The van der Waals surface area contributed by atoms with Gasteiger partial charge >= 0.3 is 5.69 Å². The van der Waals surface area contributed by atoms with Crippen molar-refractivity contribution in [3.63, 3.8) is 0 Å². The summed E-state index contributed by atoms with van der Waals surface area (Å²) in [6.45, 7) is 2.69. The maximum absolute atomic E-state index is 12.5. The maximum Gasteiger partial charge on any atom is 0.325 e. The summed E-state index contributed by atoms with van der Waals surface area (Å²) >= 11 is 0. The molecule has 0 saturated carbocycles. The van der Waals surface area contributed by atoms with Gasteiger partial charge in [0.05, 0.1) is 6.61 Å². The number of nitrogens with one attached hydrogen (secondary N) is 5. The molecule has 36 heavy (non-hydrogen) atoms. The first kappa shape index (κ1) is 26.2. The van der Waals surface area contributed by atoms with E-state index in [1.807, 2.05) is 4.98 Å². The number of carbonyl (C=O) groups is 2. The summed E-state index contributed by atoms with van der Waals surface area (Å²) in [5.41, 5.74) is 2.89. The first-order chi connectivity index (χ1) is 17.2. The van der Waals surface area contributed by atoms with Crippen LogP contribution in [0, 0.1) is 0 Å². The quantitative estimate of drug-likeness (QED) is 0.200. The molecule has 3 rings (SSSR count). The van der Waals surface area contributed by atoms with E-state index < -0.39 is 38.0 Å². The number of hydrogen-bond donors (Lipinski definition) is 5. The lowest BCUT2D eigenvalue weighted by Gasteiger charge is -2.11. The monoisotopic (exact) mass is 515 g/mol. The number of aromatic nitrogens is 2. The van der Waals surface area contributed by atoms with Crippen LogP contribution in [0.3, 0.4) is 0 Å². The lowest BCUT2D eigenvalue weighted by molar-refractivity contribution is 0.0846. The Balaban J connectivity index is 1.59. The predicted molar refractivity (Wildman–Crippen MR) is 131 cm³/mol. The van der Waals surface area contributed by atoms with Gasteiger partial charge in [-0.1, -0.05) is 25.8 Å².